The number of nitrogens with one attached hydrogen (secondary N) is 2. The molecule has 1 aromatic carbocycles. The Bertz CT molecular complexity index is 871. The molecule has 9 heteroatoms. The minimum atomic E-state index is -0.867. The van der Waals surface area contributed by atoms with E-state index in [1.54, 1.807) is 24.9 Å². The third kappa shape index (κ3) is 4.30. The molecule has 1 aliphatic rings. The van der Waals surface area contributed by atoms with Crippen molar-refractivity contribution in [3.8, 4) is 5.75 Å². The molecule has 0 unspecified atom stereocenters. The second-order valence-electron chi connectivity index (χ2n) is 6.64. The first-order valence-electron chi connectivity index (χ1n) is 8.92. The summed E-state index contributed by atoms with van der Waals surface area (Å²) in [5.74, 6) is 0.380. The molecule has 1 saturated heterocycles. The van der Waals surface area contributed by atoms with Crippen LogP contribution in [0.3, 0.4) is 0 Å². The topological polar surface area (TPSA) is 106 Å². The lowest BCUT2D eigenvalue weighted by atomic mass is 10.1. The highest BCUT2D eigenvalue weighted by atomic mass is 16.5. The van der Waals surface area contributed by atoms with Gasteiger partial charge in [0, 0.05) is 25.4 Å². The van der Waals surface area contributed by atoms with Gasteiger partial charge >= 0.3 is 6.03 Å². The fourth-order valence-electron chi connectivity index (χ4n) is 2.96. The number of methoxy groups -OCH3 is 1. The molecule has 28 heavy (non-hydrogen) atoms. The minimum absolute atomic E-state index is 0.140. The quantitative estimate of drug-likeness (QED) is 0.698. The number of aromatic nitrogens is 2. The van der Waals surface area contributed by atoms with E-state index in [1.807, 2.05) is 31.2 Å². The molecule has 4 amide bonds. The molecule has 148 valence electrons. The highest BCUT2D eigenvalue weighted by Gasteiger charge is 2.38. The first-order valence-corrected chi connectivity index (χ1v) is 8.92. The monoisotopic (exact) mass is 385 g/mol. The summed E-state index contributed by atoms with van der Waals surface area (Å²) in [6.45, 7) is 2.11. The second-order valence-corrected chi connectivity index (χ2v) is 6.64. The van der Waals surface area contributed by atoms with Crippen molar-refractivity contribution in [2.45, 2.75) is 25.8 Å². The molecule has 1 aliphatic heterocycles. The van der Waals surface area contributed by atoms with E-state index in [2.05, 4.69) is 15.7 Å². The molecule has 0 radical (unpaired) electrons. The molecule has 0 spiro atoms. The molecule has 3 rings (SSSR count). The lowest BCUT2D eigenvalue weighted by Gasteiger charge is -2.13. The van der Waals surface area contributed by atoms with Crippen LogP contribution in [0.4, 0.5) is 10.6 Å². The molecule has 0 aliphatic carbocycles. The Morgan fingerprint density at radius 1 is 1.29 bits per heavy atom. The molecule has 1 aromatic heterocycles. The van der Waals surface area contributed by atoms with Crippen LogP contribution in [-0.4, -0.2) is 52.2 Å². The SMILES string of the molecule is COc1ccc(CCN2C(=O)N[C@H](CC(=O)Nc3cc(C)n(C)n3)C2=O)cc1. The predicted octanol–water partition coefficient (Wildman–Crippen LogP) is 1.23. The van der Waals surface area contributed by atoms with E-state index in [0.717, 1.165) is 21.9 Å². The van der Waals surface area contributed by atoms with Crippen LogP contribution in [0.25, 0.3) is 0 Å². The summed E-state index contributed by atoms with van der Waals surface area (Å²) in [6, 6.07) is 7.81. The molecule has 1 atom stereocenters. The van der Waals surface area contributed by atoms with Gasteiger partial charge in [-0.3, -0.25) is 19.2 Å². The van der Waals surface area contributed by atoms with Crippen molar-refractivity contribution in [1.82, 2.24) is 20.0 Å². The number of imide groups is 1. The van der Waals surface area contributed by atoms with E-state index in [-0.39, 0.29) is 18.9 Å². The van der Waals surface area contributed by atoms with Crippen LogP contribution in [0.1, 0.15) is 17.7 Å². The maximum Gasteiger partial charge on any atom is 0.324 e. The lowest BCUT2D eigenvalue weighted by molar-refractivity contribution is -0.129. The van der Waals surface area contributed by atoms with E-state index in [0.29, 0.717) is 12.2 Å². The van der Waals surface area contributed by atoms with E-state index in [9.17, 15) is 14.4 Å². The Morgan fingerprint density at radius 3 is 2.61 bits per heavy atom. The minimum Gasteiger partial charge on any atom is -0.497 e. The van der Waals surface area contributed by atoms with Crippen molar-refractivity contribution in [2.24, 2.45) is 7.05 Å². The fourth-order valence-corrected chi connectivity index (χ4v) is 2.96. The Balaban J connectivity index is 1.54. The van der Waals surface area contributed by atoms with Crippen LogP contribution in [0.15, 0.2) is 30.3 Å². The summed E-state index contributed by atoms with van der Waals surface area (Å²) in [7, 11) is 3.36. The number of urea groups is 1. The van der Waals surface area contributed by atoms with Crippen molar-refractivity contribution >= 4 is 23.7 Å². The Kier molecular flexibility index (Phi) is 5.62. The molecular formula is C19H23N5O4. The lowest BCUT2D eigenvalue weighted by Crippen LogP contribution is -2.35. The van der Waals surface area contributed by atoms with Crippen LogP contribution in [0.5, 0.6) is 5.75 Å². The average molecular weight is 385 g/mol. The summed E-state index contributed by atoms with van der Waals surface area (Å²) < 4.78 is 6.75. The number of benzene rings is 1. The molecule has 2 N–H and O–H groups in total. The van der Waals surface area contributed by atoms with Gasteiger partial charge in [-0.05, 0) is 31.0 Å². The number of amides is 4. The van der Waals surface area contributed by atoms with Gasteiger partial charge in [-0.1, -0.05) is 12.1 Å². The first-order chi connectivity index (χ1) is 13.4. The van der Waals surface area contributed by atoms with Gasteiger partial charge in [0.15, 0.2) is 5.82 Å². The number of aryl methyl sites for hydroxylation is 2. The highest BCUT2D eigenvalue weighted by Crippen LogP contribution is 2.15. The van der Waals surface area contributed by atoms with Gasteiger partial charge in [0.05, 0.1) is 13.5 Å². The van der Waals surface area contributed by atoms with Crippen LogP contribution in [-0.2, 0) is 23.1 Å². The number of carbonyl (C=O) groups excluding carboxylic acids is 3. The number of carbonyl (C=O) groups is 3. The number of hydrogen-bond acceptors (Lipinski definition) is 5. The first kappa shape index (κ1) is 19.4. The van der Waals surface area contributed by atoms with Crippen LogP contribution in [0, 0.1) is 6.92 Å². The third-order valence-corrected chi connectivity index (χ3v) is 4.66. The van der Waals surface area contributed by atoms with E-state index >= 15 is 0 Å². The molecule has 1 fully saturated rings. The summed E-state index contributed by atoms with van der Waals surface area (Å²) >= 11 is 0. The Hall–Kier alpha value is -3.36. The van der Waals surface area contributed by atoms with Gasteiger partial charge in [0.25, 0.3) is 5.91 Å². The molecule has 2 aromatic rings. The summed E-state index contributed by atoms with van der Waals surface area (Å²) in [5, 5.41) is 9.36. The fraction of sp³-hybridized carbons (Fsp3) is 0.368. The van der Waals surface area contributed by atoms with Gasteiger partial charge in [-0.25, -0.2) is 4.79 Å². The van der Waals surface area contributed by atoms with Crippen molar-refractivity contribution in [3.05, 3.63) is 41.6 Å². The molecule has 2 heterocycles. The van der Waals surface area contributed by atoms with E-state index in [4.69, 9.17) is 4.74 Å². The molecule has 9 nitrogen and oxygen atoms in total. The summed E-state index contributed by atoms with van der Waals surface area (Å²) in [6.07, 6.45) is 0.383. The van der Waals surface area contributed by atoms with Crippen LogP contribution >= 0.6 is 0 Å². The summed E-state index contributed by atoms with van der Waals surface area (Å²) in [4.78, 5) is 38.0. The van der Waals surface area contributed by atoms with Crippen LogP contribution < -0.4 is 15.4 Å². The van der Waals surface area contributed by atoms with Gasteiger partial charge < -0.3 is 15.4 Å². The van der Waals surface area contributed by atoms with Crippen molar-refractivity contribution in [1.29, 1.82) is 0 Å². The number of rotatable bonds is 7. The van der Waals surface area contributed by atoms with Gasteiger partial charge in [-0.15, -0.1) is 0 Å². The van der Waals surface area contributed by atoms with Gasteiger partial charge in [-0.2, -0.15) is 5.10 Å². The zero-order valence-electron chi connectivity index (χ0n) is 16.1. The zero-order valence-corrected chi connectivity index (χ0v) is 16.1. The highest BCUT2D eigenvalue weighted by molar-refractivity contribution is 6.06. The Labute approximate surface area is 162 Å². The number of nitrogens with zero attached hydrogens (tertiary/aromatic N) is 3. The van der Waals surface area contributed by atoms with Crippen LogP contribution in [0.2, 0.25) is 0 Å². The van der Waals surface area contributed by atoms with Crippen molar-refractivity contribution in [3.63, 3.8) is 0 Å². The number of ether oxygens (including phenoxy) is 1. The smallest absolute Gasteiger partial charge is 0.324 e. The standard InChI is InChI=1S/C19H23N5O4/c1-12-10-16(22-23(12)2)21-17(25)11-15-18(26)24(19(27)20-15)9-8-13-4-6-14(28-3)7-5-13/h4-7,10,15H,8-9,11H2,1-3H3,(H,20,27)(H,21,22,25)/t15-/m1/s1. The zero-order chi connectivity index (χ0) is 20.3. The second kappa shape index (κ2) is 8.12. The molecular weight excluding hydrogens is 362 g/mol. The summed E-state index contributed by atoms with van der Waals surface area (Å²) in [5.41, 5.74) is 1.87. The normalized spacial score (nSPS) is 16.2. The van der Waals surface area contributed by atoms with Gasteiger partial charge in [0.1, 0.15) is 11.8 Å². The maximum atomic E-state index is 12.5. The largest absolute Gasteiger partial charge is 0.497 e. The van der Waals surface area contributed by atoms with Crippen molar-refractivity contribution < 1.29 is 19.1 Å². The third-order valence-electron chi connectivity index (χ3n) is 4.66. The van der Waals surface area contributed by atoms with E-state index in [1.165, 1.54) is 0 Å². The van der Waals surface area contributed by atoms with E-state index < -0.39 is 18.0 Å². The van der Waals surface area contributed by atoms with Crippen molar-refractivity contribution in [2.75, 3.05) is 19.0 Å². The number of anilines is 1. The molecule has 0 saturated carbocycles. The predicted molar refractivity (Wildman–Crippen MR) is 102 cm³/mol. The molecule has 0 bridgehead atoms. The number of hydrogen-bond donors (Lipinski definition) is 2. The van der Waals surface area contributed by atoms with Gasteiger partial charge in [0.2, 0.25) is 5.91 Å². The maximum absolute atomic E-state index is 12.5. The average Bonchev–Trinajstić information content (AvgIpc) is 3.11. The Morgan fingerprint density at radius 2 is 2.00 bits per heavy atom.